The monoisotopic (exact) mass is 714 g/mol. The van der Waals surface area contributed by atoms with Gasteiger partial charge in [0.05, 0.1) is 19.7 Å². The summed E-state index contributed by atoms with van der Waals surface area (Å²) >= 11 is 0. The molecule has 1 saturated heterocycles. The third-order valence-corrected chi connectivity index (χ3v) is 7.21. The maximum absolute atomic E-state index is 13.5. The van der Waals surface area contributed by atoms with Gasteiger partial charge in [0.15, 0.2) is 0 Å². The normalized spacial score (nSPS) is 21.2. The average Bonchev–Trinajstić information content (AvgIpc) is 3.05. The fourth-order valence-corrected chi connectivity index (χ4v) is 4.41. The molecule has 0 saturated carbocycles. The lowest BCUT2D eigenvalue weighted by Crippen LogP contribution is -2.59. The van der Waals surface area contributed by atoms with Crippen LogP contribution in [0.2, 0.25) is 0 Å². The van der Waals surface area contributed by atoms with Crippen molar-refractivity contribution >= 4 is 53.2 Å². The van der Waals surface area contributed by atoms with Gasteiger partial charge in [0, 0.05) is 40.4 Å². The summed E-state index contributed by atoms with van der Waals surface area (Å²) in [6, 6.07) is -5.96. The van der Waals surface area contributed by atoms with Crippen molar-refractivity contribution in [3.8, 4) is 0 Å². The Morgan fingerprint density at radius 3 is 1.20 bits per heavy atom. The Bertz CT molecular complexity index is 1230. The highest BCUT2D eigenvalue weighted by atomic mass is 16.5. The molecule has 22 nitrogen and oxygen atoms in total. The Kier molecular flexibility index (Phi) is 18.9. The molecule has 0 radical (unpaired) electrons. The number of amides is 9. The molecule has 0 aromatic rings. The van der Waals surface area contributed by atoms with Crippen LogP contribution in [0.3, 0.4) is 0 Å². The smallest absolute Gasteiger partial charge is 0.245 e. The standard InChI is InChI=1S/C28H44N9O13/c1-16(39)35(48)10-4-7-19-25(44)29-14-24(43)32-22(15-38)26(45)30-13-23(42)31-20(8-5-11-36(49)17(2)40)27(46)34-21(28(47)33-19)9-6-12-37(50)18(3)41/h19-22,38H,4-15H2,1-3H3,(H,29,44)(H,30,45)(H,31,42)(H,32,43)(H,33,47)(H,34,46)/q-3/t19-,20-,21-,22-/m0/s1. The number of hydrogen-bond acceptors (Lipinski definition) is 13. The Morgan fingerprint density at radius 2 is 0.860 bits per heavy atom. The van der Waals surface area contributed by atoms with Crippen molar-refractivity contribution in [2.75, 3.05) is 39.3 Å². The molecule has 282 valence electrons. The zero-order valence-electron chi connectivity index (χ0n) is 28.0. The molecule has 1 fully saturated rings. The summed E-state index contributed by atoms with van der Waals surface area (Å²) in [7, 11) is 0. The lowest BCUT2D eigenvalue weighted by atomic mass is 10.1. The molecule has 1 aliphatic heterocycles. The van der Waals surface area contributed by atoms with E-state index in [2.05, 4.69) is 31.9 Å². The van der Waals surface area contributed by atoms with Crippen LogP contribution in [0, 0.1) is 15.6 Å². The SMILES string of the molecule is CC(=O)N([O-])CCC[C@@H]1NC(=O)CNC(=O)[C@H](CO)NC(=O)CNC(=O)[C@H](CCCN([O-])C(C)=O)NC(=O)[C@H](CCCN([O-])C(C)=O)NC1=O. The molecule has 1 aliphatic rings. The zero-order valence-corrected chi connectivity index (χ0v) is 28.0. The first-order valence-electron chi connectivity index (χ1n) is 15.7. The summed E-state index contributed by atoms with van der Waals surface area (Å²) in [5.74, 6) is -8.20. The Labute approximate surface area is 287 Å². The first-order valence-corrected chi connectivity index (χ1v) is 15.7. The molecule has 0 unspecified atom stereocenters. The maximum Gasteiger partial charge on any atom is 0.245 e. The predicted octanol–water partition coefficient (Wildman–Crippen LogP) is -4.46. The van der Waals surface area contributed by atoms with Crippen LogP contribution >= 0.6 is 0 Å². The summed E-state index contributed by atoms with van der Waals surface area (Å²) < 4.78 is 0. The van der Waals surface area contributed by atoms with E-state index in [0.29, 0.717) is 0 Å². The van der Waals surface area contributed by atoms with Crippen molar-refractivity contribution in [3.63, 3.8) is 0 Å². The van der Waals surface area contributed by atoms with Crippen LogP contribution in [-0.4, -0.2) is 137 Å². The molecule has 7 N–H and O–H groups in total. The first kappa shape index (κ1) is 43.1. The largest absolute Gasteiger partial charge is 0.756 e. The molecular formula is C28H44N9O13-3. The van der Waals surface area contributed by atoms with Crippen molar-refractivity contribution in [3.05, 3.63) is 15.6 Å². The van der Waals surface area contributed by atoms with E-state index in [1.807, 2.05) is 0 Å². The molecule has 0 aliphatic carbocycles. The van der Waals surface area contributed by atoms with Gasteiger partial charge in [-0.3, -0.25) is 43.2 Å². The number of carbonyl (C=O) groups excluding carboxylic acids is 9. The van der Waals surface area contributed by atoms with E-state index in [0.717, 1.165) is 20.8 Å². The number of nitrogens with zero attached hydrogens (tertiary/aromatic N) is 3. The van der Waals surface area contributed by atoms with Crippen LogP contribution in [0.25, 0.3) is 0 Å². The summed E-state index contributed by atoms with van der Waals surface area (Å²) in [6.07, 6.45) is -1.09. The molecule has 0 spiro atoms. The second kappa shape index (κ2) is 21.9. The molecule has 9 amide bonds. The second-order valence-electron chi connectivity index (χ2n) is 11.3. The predicted molar refractivity (Wildman–Crippen MR) is 171 cm³/mol. The van der Waals surface area contributed by atoms with Gasteiger partial charge in [0.1, 0.15) is 24.2 Å². The number of aliphatic hydroxyl groups excluding tert-OH is 1. The van der Waals surface area contributed by atoms with Crippen LogP contribution < -0.4 is 31.9 Å². The van der Waals surface area contributed by atoms with Crippen LogP contribution in [0.4, 0.5) is 0 Å². The van der Waals surface area contributed by atoms with Gasteiger partial charge < -0.3 is 67.8 Å². The van der Waals surface area contributed by atoms with Crippen molar-refractivity contribution in [2.24, 2.45) is 0 Å². The van der Waals surface area contributed by atoms with E-state index in [-0.39, 0.29) is 73.3 Å². The lowest BCUT2D eigenvalue weighted by Gasteiger charge is -2.30. The number of hydrogen-bond donors (Lipinski definition) is 7. The molecule has 0 bridgehead atoms. The summed E-state index contributed by atoms with van der Waals surface area (Å²) in [5.41, 5.74) is 0. The van der Waals surface area contributed by atoms with Gasteiger partial charge >= 0.3 is 0 Å². The Balaban J connectivity index is 3.45. The van der Waals surface area contributed by atoms with Gasteiger partial charge in [-0.1, -0.05) is 0 Å². The zero-order chi connectivity index (χ0) is 38.0. The van der Waals surface area contributed by atoms with Crippen LogP contribution in [-0.2, 0) is 43.2 Å². The van der Waals surface area contributed by atoms with Crippen molar-refractivity contribution < 1.29 is 48.3 Å². The number of carbonyl (C=O) groups is 9. The number of nitrogens with one attached hydrogen (secondary N) is 6. The highest BCUT2D eigenvalue weighted by molar-refractivity contribution is 5.96. The van der Waals surface area contributed by atoms with Gasteiger partial charge in [0.25, 0.3) is 0 Å². The number of rotatable bonds is 13. The van der Waals surface area contributed by atoms with Gasteiger partial charge in [-0.25, -0.2) is 0 Å². The summed E-state index contributed by atoms with van der Waals surface area (Å²) in [4.78, 5) is 112. The molecular weight excluding hydrogens is 670 g/mol. The third-order valence-electron chi connectivity index (χ3n) is 7.21. The topological polar surface area (TPSA) is 325 Å². The van der Waals surface area contributed by atoms with Crippen molar-refractivity contribution in [1.29, 1.82) is 0 Å². The maximum atomic E-state index is 13.5. The minimum atomic E-state index is -1.56. The molecule has 4 atom stereocenters. The summed E-state index contributed by atoms with van der Waals surface area (Å²) in [5, 5.41) is 59.1. The van der Waals surface area contributed by atoms with Crippen molar-refractivity contribution in [2.45, 2.75) is 83.5 Å². The summed E-state index contributed by atoms with van der Waals surface area (Å²) in [6.45, 7) is -0.427. The van der Waals surface area contributed by atoms with E-state index < -0.39 is 97.0 Å². The van der Waals surface area contributed by atoms with Gasteiger partial charge in [-0.05, 0) is 38.5 Å². The fraction of sp³-hybridized carbons (Fsp3) is 0.679. The third kappa shape index (κ3) is 16.0. The van der Waals surface area contributed by atoms with E-state index in [4.69, 9.17) is 0 Å². The number of hydroxylamine groups is 6. The fourth-order valence-electron chi connectivity index (χ4n) is 4.41. The van der Waals surface area contributed by atoms with Crippen LogP contribution in [0.15, 0.2) is 0 Å². The lowest BCUT2D eigenvalue weighted by molar-refractivity contribution is -0.135. The van der Waals surface area contributed by atoms with Crippen LogP contribution in [0.5, 0.6) is 0 Å². The van der Waals surface area contributed by atoms with E-state index in [1.165, 1.54) is 0 Å². The Morgan fingerprint density at radius 1 is 0.560 bits per heavy atom. The minimum absolute atomic E-state index is 0.105. The molecule has 50 heavy (non-hydrogen) atoms. The first-order chi connectivity index (χ1) is 23.5. The van der Waals surface area contributed by atoms with E-state index in [1.54, 1.807) is 0 Å². The quantitative estimate of drug-likeness (QED) is 0.0887. The molecule has 22 heteroatoms. The highest BCUT2D eigenvalue weighted by Crippen LogP contribution is 2.08. The highest BCUT2D eigenvalue weighted by Gasteiger charge is 2.30. The van der Waals surface area contributed by atoms with Crippen molar-refractivity contribution in [1.82, 2.24) is 47.1 Å². The second-order valence-corrected chi connectivity index (χ2v) is 11.3. The van der Waals surface area contributed by atoms with Gasteiger partial charge in [-0.2, -0.15) is 0 Å². The molecule has 1 heterocycles. The minimum Gasteiger partial charge on any atom is -0.756 e. The van der Waals surface area contributed by atoms with E-state index >= 15 is 0 Å². The van der Waals surface area contributed by atoms with Gasteiger partial charge in [0.2, 0.25) is 53.2 Å². The number of aliphatic hydroxyl groups is 1. The van der Waals surface area contributed by atoms with E-state index in [9.17, 15) is 63.9 Å². The molecule has 1 rings (SSSR count). The molecule has 0 aromatic heterocycles. The Hall–Kier alpha value is -4.93. The average molecular weight is 715 g/mol. The van der Waals surface area contributed by atoms with Crippen LogP contribution in [0.1, 0.15) is 59.3 Å². The van der Waals surface area contributed by atoms with Gasteiger partial charge in [-0.15, -0.1) is 0 Å². The molecule has 0 aromatic carbocycles.